The molecule has 1 aliphatic rings. The summed E-state index contributed by atoms with van der Waals surface area (Å²) in [5.74, 6) is 0.727. The van der Waals surface area contributed by atoms with Crippen LogP contribution in [0.5, 0.6) is 0 Å². The zero-order chi connectivity index (χ0) is 14.8. The van der Waals surface area contributed by atoms with E-state index in [1.54, 1.807) is 10.5 Å². The van der Waals surface area contributed by atoms with Crippen LogP contribution in [0, 0.1) is 6.92 Å². The van der Waals surface area contributed by atoms with Crippen LogP contribution in [0.25, 0.3) is 0 Å². The highest BCUT2D eigenvalue weighted by Crippen LogP contribution is 2.28. The lowest BCUT2D eigenvalue weighted by Gasteiger charge is -2.26. The molecule has 0 radical (unpaired) electrons. The minimum Gasteiger partial charge on any atom is -0.334 e. The molecule has 2 rings (SSSR count). The van der Waals surface area contributed by atoms with Crippen molar-refractivity contribution in [3.8, 4) is 0 Å². The van der Waals surface area contributed by atoms with Crippen molar-refractivity contribution < 1.29 is 8.42 Å². The number of hydrogen-bond donors (Lipinski definition) is 1. The van der Waals surface area contributed by atoms with Crippen molar-refractivity contribution in [1.82, 2.24) is 13.9 Å². The lowest BCUT2D eigenvalue weighted by Crippen LogP contribution is -2.42. The van der Waals surface area contributed by atoms with Gasteiger partial charge in [0, 0.05) is 31.9 Å². The summed E-state index contributed by atoms with van der Waals surface area (Å²) in [6.45, 7) is 5.22. The molecule has 1 heterocycles. The third-order valence-corrected chi connectivity index (χ3v) is 5.77. The Bertz CT molecular complexity index is 547. The monoisotopic (exact) mass is 300 g/mol. The maximum absolute atomic E-state index is 12.8. The average Bonchev–Trinajstić information content (AvgIpc) is 3.04. The van der Waals surface area contributed by atoms with E-state index in [-0.39, 0.29) is 11.1 Å². The number of aryl methyl sites for hydroxylation is 2. The first-order valence-electron chi connectivity index (χ1n) is 7.26. The van der Waals surface area contributed by atoms with Crippen molar-refractivity contribution in [2.45, 2.75) is 57.1 Å². The number of rotatable bonds is 6. The van der Waals surface area contributed by atoms with Crippen molar-refractivity contribution in [1.29, 1.82) is 0 Å². The van der Waals surface area contributed by atoms with Crippen molar-refractivity contribution in [2.24, 2.45) is 5.73 Å². The molecule has 1 fully saturated rings. The molecule has 1 aromatic rings. The van der Waals surface area contributed by atoms with Gasteiger partial charge in [0.1, 0.15) is 5.82 Å². The van der Waals surface area contributed by atoms with E-state index in [0.29, 0.717) is 19.6 Å². The van der Waals surface area contributed by atoms with E-state index in [9.17, 15) is 8.42 Å². The topological polar surface area (TPSA) is 81.2 Å². The molecule has 2 N–H and O–H groups in total. The summed E-state index contributed by atoms with van der Waals surface area (Å²) in [7, 11) is -3.54. The van der Waals surface area contributed by atoms with Crippen molar-refractivity contribution >= 4 is 10.0 Å². The molecule has 0 spiro atoms. The van der Waals surface area contributed by atoms with E-state index in [4.69, 9.17) is 5.73 Å². The van der Waals surface area contributed by atoms with Gasteiger partial charge in [0.2, 0.25) is 0 Å². The second kappa shape index (κ2) is 6.24. The minimum atomic E-state index is -3.54. The standard InChI is InChI=1S/C13H24N4O2S/c1-3-16-10-13(15-11(16)2)20(18,19)17(9-8-14)12-6-4-5-7-12/h10,12H,3-9,14H2,1-2H3. The predicted molar refractivity (Wildman–Crippen MR) is 77.8 cm³/mol. The Morgan fingerprint density at radius 3 is 2.60 bits per heavy atom. The SMILES string of the molecule is CCn1cc(S(=O)(=O)N(CCN)C2CCCC2)nc1C. The van der Waals surface area contributed by atoms with E-state index >= 15 is 0 Å². The van der Waals surface area contributed by atoms with Crippen LogP contribution in [0.1, 0.15) is 38.4 Å². The van der Waals surface area contributed by atoms with E-state index in [0.717, 1.165) is 31.5 Å². The first kappa shape index (κ1) is 15.5. The van der Waals surface area contributed by atoms with Gasteiger partial charge in [-0.05, 0) is 26.7 Å². The Morgan fingerprint density at radius 1 is 1.45 bits per heavy atom. The molecule has 0 saturated heterocycles. The minimum absolute atomic E-state index is 0.0793. The van der Waals surface area contributed by atoms with Gasteiger partial charge in [-0.2, -0.15) is 4.31 Å². The molecule has 0 aromatic carbocycles. The summed E-state index contributed by atoms with van der Waals surface area (Å²) in [6, 6.07) is 0.0793. The normalized spacial score (nSPS) is 17.2. The maximum atomic E-state index is 12.8. The molecule has 0 atom stereocenters. The second-order valence-corrected chi connectivity index (χ2v) is 7.09. The summed E-state index contributed by atoms with van der Waals surface area (Å²) >= 11 is 0. The molecule has 6 nitrogen and oxygen atoms in total. The van der Waals surface area contributed by atoms with Gasteiger partial charge in [-0.15, -0.1) is 0 Å². The number of hydrogen-bond acceptors (Lipinski definition) is 4. The number of imidazole rings is 1. The lowest BCUT2D eigenvalue weighted by molar-refractivity contribution is 0.327. The van der Waals surface area contributed by atoms with Crippen molar-refractivity contribution in [2.75, 3.05) is 13.1 Å². The Balaban J connectivity index is 2.33. The molecule has 1 aromatic heterocycles. The molecule has 0 unspecified atom stereocenters. The molecule has 114 valence electrons. The van der Waals surface area contributed by atoms with Gasteiger partial charge >= 0.3 is 0 Å². The number of nitrogens with zero attached hydrogens (tertiary/aromatic N) is 3. The molecule has 0 bridgehead atoms. The number of nitrogens with two attached hydrogens (primary N) is 1. The van der Waals surface area contributed by atoms with Crippen molar-refractivity contribution in [3.63, 3.8) is 0 Å². The number of sulfonamides is 1. The lowest BCUT2D eigenvalue weighted by atomic mass is 10.2. The zero-order valence-electron chi connectivity index (χ0n) is 12.2. The molecule has 0 amide bonds. The van der Waals surface area contributed by atoms with Crippen LogP contribution in [0.4, 0.5) is 0 Å². The van der Waals surface area contributed by atoms with Crippen LogP contribution in [0.15, 0.2) is 11.2 Å². The Kier molecular flexibility index (Phi) is 4.82. The summed E-state index contributed by atoms with van der Waals surface area (Å²) in [5, 5.41) is 0.150. The fraction of sp³-hybridized carbons (Fsp3) is 0.769. The smallest absolute Gasteiger partial charge is 0.262 e. The predicted octanol–water partition coefficient (Wildman–Crippen LogP) is 1.10. The molecule has 0 aliphatic heterocycles. The van der Waals surface area contributed by atoms with E-state index in [2.05, 4.69) is 4.98 Å². The highest BCUT2D eigenvalue weighted by molar-refractivity contribution is 7.89. The fourth-order valence-electron chi connectivity index (χ4n) is 2.86. The quantitative estimate of drug-likeness (QED) is 0.853. The van der Waals surface area contributed by atoms with Gasteiger partial charge < -0.3 is 10.3 Å². The summed E-state index contributed by atoms with van der Waals surface area (Å²) < 4.78 is 29.0. The van der Waals surface area contributed by atoms with Crippen LogP contribution in [-0.4, -0.2) is 41.4 Å². The summed E-state index contributed by atoms with van der Waals surface area (Å²) in [6.07, 6.45) is 5.65. The Labute approximate surface area is 121 Å². The molecule has 7 heteroatoms. The van der Waals surface area contributed by atoms with E-state index in [1.165, 1.54) is 0 Å². The van der Waals surface area contributed by atoms with Crippen LogP contribution in [0.2, 0.25) is 0 Å². The first-order valence-corrected chi connectivity index (χ1v) is 8.70. The van der Waals surface area contributed by atoms with Crippen LogP contribution in [0.3, 0.4) is 0 Å². The summed E-state index contributed by atoms with van der Waals surface area (Å²) in [4.78, 5) is 4.22. The van der Waals surface area contributed by atoms with E-state index < -0.39 is 10.0 Å². The third kappa shape index (κ3) is 2.89. The highest BCUT2D eigenvalue weighted by Gasteiger charge is 2.34. The molecule has 20 heavy (non-hydrogen) atoms. The van der Waals surface area contributed by atoms with Crippen LogP contribution >= 0.6 is 0 Å². The highest BCUT2D eigenvalue weighted by atomic mass is 32.2. The fourth-order valence-corrected chi connectivity index (χ4v) is 4.56. The Morgan fingerprint density at radius 2 is 2.10 bits per heavy atom. The zero-order valence-corrected chi connectivity index (χ0v) is 13.1. The van der Waals surface area contributed by atoms with E-state index in [1.807, 2.05) is 18.4 Å². The van der Waals surface area contributed by atoms with Gasteiger partial charge in [-0.3, -0.25) is 0 Å². The Hall–Kier alpha value is -0.920. The molecular formula is C13H24N4O2S. The van der Waals surface area contributed by atoms with Gasteiger partial charge in [0.15, 0.2) is 5.03 Å². The first-order chi connectivity index (χ1) is 9.50. The van der Waals surface area contributed by atoms with Gasteiger partial charge in [0.05, 0.1) is 0 Å². The largest absolute Gasteiger partial charge is 0.334 e. The molecular weight excluding hydrogens is 276 g/mol. The van der Waals surface area contributed by atoms with Crippen molar-refractivity contribution in [3.05, 3.63) is 12.0 Å². The van der Waals surface area contributed by atoms with Crippen LogP contribution in [-0.2, 0) is 16.6 Å². The molecule has 1 aliphatic carbocycles. The maximum Gasteiger partial charge on any atom is 0.262 e. The summed E-state index contributed by atoms with van der Waals surface area (Å²) in [5.41, 5.74) is 5.60. The average molecular weight is 300 g/mol. The van der Waals surface area contributed by atoms with Gasteiger partial charge in [-0.1, -0.05) is 12.8 Å². The van der Waals surface area contributed by atoms with Gasteiger partial charge in [0.25, 0.3) is 10.0 Å². The second-order valence-electron chi connectivity index (χ2n) is 5.26. The van der Waals surface area contributed by atoms with Gasteiger partial charge in [-0.25, -0.2) is 13.4 Å². The molecule has 1 saturated carbocycles. The number of aromatic nitrogens is 2. The van der Waals surface area contributed by atoms with Crippen LogP contribution < -0.4 is 5.73 Å². The third-order valence-electron chi connectivity index (χ3n) is 3.95.